The zero-order valence-corrected chi connectivity index (χ0v) is 19.9. The van der Waals surface area contributed by atoms with Crippen molar-refractivity contribution in [3.05, 3.63) is 40.6 Å². The largest absolute Gasteiger partial charge is 0.395 e. The van der Waals surface area contributed by atoms with E-state index < -0.39 is 0 Å². The van der Waals surface area contributed by atoms with Crippen LogP contribution in [0.4, 0.5) is 0 Å². The smallest absolute Gasteiger partial charge is 0.277 e. The molecule has 1 aromatic carbocycles. The van der Waals surface area contributed by atoms with Crippen LogP contribution in [0.1, 0.15) is 23.1 Å². The standard InChI is InChI=1S/C25H36N4O4/c1-19-4-5-21(18-20(19)2)22-23(28-10-8-27(9-11-28)12-15-30)25(32)29(24(22)31)7-3-6-26-13-16-33-17-14-26/h4-5,18,30H,3,6-17H2,1-2H3. The van der Waals surface area contributed by atoms with Gasteiger partial charge in [-0.25, -0.2) is 0 Å². The molecule has 4 rings (SSSR count). The number of hydrogen-bond donors (Lipinski definition) is 1. The van der Waals surface area contributed by atoms with Gasteiger partial charge in [0, 0.05) is 58.9 Å². The predicted octanol–water partition coefficient (Wildman–Crippen LogP) is 0.716. The molecule has 2 saturated heterocycles. The highest BCUT2D eigenvalue weighted by Gasteiger charge is 2.42. The summed E-state index contributed by atoms with van der Waals surface area (Å²) in [5.41, 5.74) is 4.17. The Morgan fingerprint density at radius 3 is 2.21 bits per heavy atom. The van der Waals surface area contributed by atoms with E-state index in [1.54, 1.807) is 0 Å². The van der Waals surface area contributed by atoms with E-state index in [0.717, 1.165) is 69.0 Å². The zero-order chi connectivity index (χ0) is 23.4. The molecule has 1 N–H and O–H groups in total. The molecular formula is C25H36N4O4. The molecular weight excluding hydrogens is 420 g/mol. The SMILES string of the molecule is Cc1ccc(C2=C(N3CCN(CCO)CC3)C(=O)N(CCCN3CCOCC3)C2=O)cc1C. The molecule has 3 heterocycles. The van der Waals surface area contributed by atoms with E-state index in [9.17, 15) is 14.7 Å². The third-order valence-corrected chi connectivity index (χ3v) is 7.00. The van der Waals surface area contributed by atoms with Gasteiger partial charge in [0.1, 0.15) is 5.70 Å². The number of aliphatic hydroxyl groups is 1. The molecule has 0 aromatic heterocycles. The summed E-state index contributed by atoms with van der Waals surface area (Å²) in [5, 5.41) is 9.24. The number of hydrogen-bond acceptors (Lipinski definition) is 7. The molecule has 8 heteroatoms. The molecule has 1 aromatic rings. The number of ether oxygens (including phenoxy) is 1. The Balaban J connectivity index is 1.54. The number of aryl methyl sites for hydroxylation is 2. The third kappa shape index (κ3) is 5.30. The Morgan fingerprint density at radius 2 is 1.55 bits per heavy atom. The van der Waals surface area contributed by atoms with Crippen molar-refractivity contribution in [2.45, 2.75) is 20.3 Å². The predicted molar refractivity (Wildman–Crippen MR) is 127 cm³/mol. The second-order valence-electron chi connectivity index (χ2n) is 9.14. The monoisotopic (exact) mass is 456 g/mol. The summed E-state index contributed by atoms with van der Waals surface area (Å²) in [4.78, 5) is 35.1. The number of amides is 2. The van der Waals surface area contributed by atoms with Gasteiger partial charge < -0.3 is 14.7 Å². The highest BCUT2D eigenvalue weighted by molar-refractivity contribution is 6.35. The third-order valence-electron chi connectivity index (χ3n) is 7.00. The lowest BCUT2D eigenvalue weighted by atomic mass is 9.99. The molecule has 2 amide bonds. The lowest BCUT2D eigenvalue weighted by Crippen LogP contribution is -2.48. The van der Waals surface area contributed by atoms with Gasteiger partial charge in [-0.15, -0.1) is 0 Å². The summed E-state index contributed by atoms with van der Waals surface area (Å²) >= 11 is 0. The first-order chi connectivity index (χ1) is 16.0. The fraction of sp³-hybridized carbons (Fsp3) is 0.600. The molecule has 3 aliphatic heterocycles. The van der Waals surface area contributed by atoms with Crippen molar-refractivity contribution in [1.82, 2.24) is 19.6 Å². The van der Waals surface area contributed by atoms with Crippen LogP contribution < -0.4 is 0 Å². The number of rotatable bonds is 8. The van der Waals surface area contributed by atoms with Crippen LogP contribution in [-0.4, -0.2) is 115 Å². The van der Waals surface area contributed by atoms with E-state index in [-0.39, 0.29) is 18.4 Å². The molecule has 2 fully saturated rings. The average molecular weight is 457 g/mol. The average Bonchev–Trinajstić information content (AvgIpc) is 3.07. The number of aliphatic hydroxyl groups excluding tert-OH is 1. The van der Waals surface area contributed by atoms with Crippen molar-refractivity contribution in [3.63, 3.8) is 0 Å². The number of carbonyl (C=O) groups is 2. The van der Waals surface area contributed by atoms with E-state index in [0.29, 0.717) is 37.4 Å². The first-order valence-corrected chi connectivity index (χ1v) is 12.1. The summed E-state index contributed by atoms with van der Waals surface area (Å²) in [6.07, 6.45) is 0.759. The number of piperazine rings is 1. The van der Waals surface area contributed by atoms with Crippen molar-refractivity contribution >= 4 is 17.4 Å². The van der Waals surface area contributed by atoms with Crippen molar-refractivity contribution < 1.29 is 19.4 Å². The fourth-order valence-corrected chi connectivity index (χ4v) is 4.83. The second-order valence-corrected chi connectivity index (χ2v) is 9.14. The molecule has 0 aliphatic carbocycles. The van der Waals surface area contributed by atoms with Crippen LogP contribution in [0, 0.1) is 13.8 Å². The molecule has 0 saturated carbocycles. The molecule has 33 heavy (non-hydrogen) atoms. The summed E-state index contributed by atoms with van der Waals surface area (Å²) in [6, 6.07) is 6.00. The number of morpholine rings is 1. The lowest BCUT2D eigenvalue weighted by molar-refractivity contribution is -0.137. The second kappa shape index (κ2) is 10.8. The van der Waals surface area contributed by atoms with Gasteiger partial charge >= 0.3 is 0 Å². The van der Waals surface area contributed by atoms with Crippen LogP contribution in [0.15, 0.2) is 23.9 Å². The summed E-state index contributed by atoms with van der Waals surface area (Å²) < 4.78 is 5.41. The molecule has 0 bridgehead atoms. The number of nitrogens with zero attached hydrogens (tertiary/aromatic N) is 4. The van der Waals surface area contributed by atoms with Crippen molar-refractivity contribution in [1.29, 1.82) is 0 Å². The van der Waals surface area contributed by atoms with E-state index in [1.165, 1.54) is 4.90 Å². The Morgan fingerprint density at radius 1 is 0.848 bits per heavy atom. The maximum absolute atomic E-state index is 13.6. The maximum Gasteiger partial charge on any atom is 0.277 e. The quantitative estimate of drug-likeness (QED) is 0.578. The Hall–Kier alpha value is -2.26. The van der Waals surface area contributed by atoms with Gasteiger partial charge in [0.15, 0.2) is 0 Å². The van der Waals surface area contributed by atoms with E-state index in [4.69, 9.17) is 4.74 Å². The van der Waals surface area contributed by atoms with Crippen LogP contribution in [0.5, 0.6) is 0 Å². The summed E-state index contributed by atoms with van der Waals surface area (Å²) in [6.45, 7) is 12.3. The Bertz CT molecular complexity index is 902. The van der Waals surface area contributed by atoms with E-state index in [1.807, 2.05) is 32.0 Å². The zero-order valence-electron chi connectivity index (χ0n) is 19.9. The lowest BCUT2D eigenvalue weighted by Gasteiger charge is -2.36. The van der Waals surface area contributed by atoms with Crippen molar-refractivity contribution in [2.75, 3.05) is 78.7 Å². The minimum Gasteiger partial charge on any atom is -0.395 e. The highest BCUT2D eigenvalue weighted by atomic mass is 16.5. The minimum atomic E-state index is -0.182. The molecule has 3 aliphatic rings. The number of imide groups is 1. The Kier molecular flexibility index (Phi) is 7.80. The number of β-amino-alcohol motifs (C(OH)–C–C–N with tert-alkyl or cyclic N) is 1. The van der Waals surface area contributed by atoms with Crippen LogP contribution in [-0.2, 0) is 14.3 Å². The van der Waals surface area contributed by atoms with Crippen LogP contribution in [0.2, 0.25) is 0 Å². The van der Waals surface area contributed by atoms with E-state index >= 15 is 0 Å². The number of carbonyl (C=O) groups excluding carboxylic acids is 2. The van der Waals surface area contributed by atoms with Crippen molar-refractivity contribution in [3.8, 4) is 0 Å². The summed E-state index contributed by atoms with van der Waals surface area (Å²) in [5.74, 6) is -0.358. The van der Waals surface area contributed by atoms with Crippen molar-refractivity contribution in [2.24, 2.45) is 0 Å². The van der Waals surface area contributed by atoms with Gasteiger partial charge in [-0.1, -0.05) is 18.2 Å². The maximum atomic E-state index is 13.6. The normalized spacial score (nSPS) is 20.9. The molecule has 0 unspecified atom stereocenters. The first-order valence-electron chi connectivity index (χ1n) is 12.1. The summed E-state index contributed by atoms with van der Waals surface area (Å²) in [7, 11) is 0. The Labute approximate surface area is 196 Å². The van der Waals surface area contributed by atoms with Crippen LogP contribution in [0.25, 0.3) is 5.57 Å². The molecule has 0 atom stereocenters. The number of benzene rings is 1. The van der Waals surface area contributed by atoms with Gasteiger partial charge in [0.25, 0.3) is 11.8 Å². The molecule has 8 nitrogen and oxygen atoms in total. The van der Waals surface area contributed by atoms with Gasteiger partial charge in [-0.3, -0.25) is 24.3 Å². The first kappa shape index (κ1) is 23.9. The topological polar surface area (TPSA) is 76.6 Å². The molecule has 180 valence electrons. The minimum absolute atomic E-state index is 0.130. The van der Waals surface area contributed by atoms with Gasteiger partial charge in [-0.2, -0.15) is 0 Å². The molecule has 0 radical (unpaired) electrons. The highest BCUT2D eigenvalue weighted by Crippen LogP contribution is 2.33. The van der Waals surface area contributed by atoms with Gasteiger partial charge in [-0.05, 0) is 37.0 Å². The van der Waals surface area contributed by atoms with Gasteiger partial charge in [0.05, 0.1) is 25.4 Å². The van der Waals surface area contributed by atoms with Crippen LogP contribution >= 0.6 is 0 Å². The van der Waals surface area contributed by atoms with Crippen LogP contribution in [0.3, 0.4) is 0 Å². The fourth-order valence-electron chi connectivity index (χ4n) is 4.83. The van der Waals surface area contributed by atoms with Gasteiger partial charge in [0.2, 0.25) is 0 Å². The molecule has 0 spiro atoms. The van der Waals surface area contributed by atoms with E-state index in [2.05, 4.69) is 14.7 Å².